The molecule has 0 saturated carbocycles. The Labute approximate surface area is 157 Å². The maximum absolute atomic E-state index is 13.0. The minimum absolute atomic E-state index is 0.303. The van der Waals surface area contributed by atoms with Gasteiger partial charge < -0.3 is 14.5 Å². The molecule has 0 radical (unpaired) electrons. The van der Waals surface area contributed by atoms with Gasteiger partial charge in [0.15, 0.2) is 0 Å². The first-order valence-corrected chi connectivity index (χ1v) is 8.40. The minimum atomic E-state index is -0.446. The van der Waals surface area contributed by atoms with Crippen LogP contribution in [0.1, 0.15) is 27.2 Å². The van der Waals surface area contributed by atoms with Crippen molar-refractivity contribution in [3.05, 3.63) is 89.4 Å². The molecule has 0 atom stereocenters. The second kappa shape index (κ2) is 8.19. The molecule has 3 aromatic rings. The summed E-state index contributed by atoms with van der Waals surface area (Å²) in [6, 6.07) is 18.0. The van der Waals surface area contributed by atoms with Gasteiger partial charge in [0, 0.05) is 5.69 Å². The van der Waals surface area contributed by atoms with Crippen LogP contribution < -0.4 is 5.32 Å². The summed E-state index contributed by atoms with van der Waals surface area (Å²) >= 11 is 0. The minimum Gasteiger partial charge on any atom is -0.465 e. The summed E-state index contributed by atoms with van der Waals surface area (Å²) in [4.78, 5) is 24.9. The first-order chi connectivity index (χ1) is 13.1. The van der Waals surface area contributed by atoms with E-state index >= 15 is 0 Å². The normalized spacial score (nSPS) is 11.1. The first-order valence-electron chi connectivity index (χ1n) is 8.40. The SMILES string of the molecule is COC(=O)c1cccc(NC(=O)/C(=C/c2ccco2)c2ccccc2)c1C. The molecule has 0 spiro atoms. The van der Waals surface area contributed by atoms with Crippen LogP contribution in [0.2, 0.25) is 0 Å². The van der Waals surface area contributed by atoms with Crippen molar-refractivity contribution < 1.29 is 18.7 Å². The number of rotatable bonds is 5. The molecule has 27 heavy (non-hydrogen) atoms. The third-order valence-corrected chi connectivity index (χ3v) is 4.15. The highest BCUT2D eigenvalue weighted by Crippen LogP contribution is 2.24. The van der Waals surface area contributed by atoms with Gasteiger partial charge in [0.05, 0.1) is 24.5 Å². The van der Waals surface area contributed by atoms with Gasteiger partial charge in [-0.15, -0.1) is 0 Å². The Bertz CT molecular complexity index is 973. The van der Waals surface area contributed by atoms with Gasteiger partial charge in [0.2, 0.25) is 0 Å². The molecular weight excluding hydrogens is 342 g/mol. The number of anilines is 1. The molecule has 1 aromatic heterocycles. The van der Waals surface area contributed by atoms with Crippen molar-refractivity contribution >= 4 is 29.2 Å². The lowest BCUT2D eigenvalue weighted by Crippen LogP contribution is -2.15. The Morgan fingerprint density at radius 1 is 1.00 bits per heavy atom. The Morgan fingerprint density at radius 2 is 1.78 bits per heavy atom. The zero-order valence-electron chi connectivity index (χ0n) is 15.1. The molecule has 0 unspecified atom stereocenters. The summed E-state index contributed by atoms with van der Waals surface area (Å²) in [5, 5.41) is 2.88. The van der Waals surface area contributed by atoms with Crippen molar-refractivity contribution in [1.82, 2.24) is 0 Å². The lowest BCUT2D eigenvalue weighted by molar-refractivity contribution is -0.111. The molecule has 3 rings (SSSR count). The lowest BCUT2D eigenvalue weighted by Gasteiger charge is -2.13. The van der Waals surface area contributed by atoms with Gasteiger partial charge in [-0.1, -0.05) is 36.4 Å². The molecule has 0 aliphatic carbocycles. The second-order valence-corrected chi connectivity index (χ2v) is 5.86. The van der Waals surface area contributed by atoms with E-state index in [-0.39, 0.29) is 5.91 Å². The number of ether oxygens (including phenoxy) is 1. The Balaban J connectivity index is 1.96. The number of amides is 1. The van der Waals surface area contributed by atoms with E-state index in [1.165, 1.54) is 7.11 Å². The van der Waals surface area contributed by atoms with E-state index in [0.717, 1.165) is 5.56 Å². The standard InChI is InChI=1S/C22H19NO4/c1-15-18(22(25)26-2)11-6-12-20(15)23-21(24)19(14-17-10-7-13-27-17)16-8-4-3-5-9-16/h3-14H,1-2H3,(H,23,24)/b19-14+. The average molecular weight is 361 g/mol. The zero-order chi connectivity index (χ0) is 19.2. The monoisotopic (exact) mass is 361 g/mol. The number of esters is 1. The summed E-state index contributed by atoms with van der Waals surface area (Å²) in [6.07, 6.45) is 3.24. The predicted molar refractivity (Wildman–Crippen MR) is 104 cm³/mol. The van der Waals surface area contributed by atoms with Crippen molar-refractivity contribution in [2.75, 3.05) is 12.4 Å². The van der Waals surface area contributed by atoms with Crippen LogP contribution in [0, 0.1) is 6.92 Å². The number of methoxy groups -OCH3 is 1. The van der Waals surface area contributed by atoms with Gasteiger partial charge in [-0.05, 0) is 48.4 Å². The molecule has 0 bridgehead atoms. The van der Waals surface area contributed by atoms with Gasteiger partial charge in [-0.2, -0.15) is 0 Å². The van der Waals surface area contributed by atoms with Crippen molar-refractivity contribution in [3.63, 3.8) is 0 Å². The molecule has 1 N–H and O–H groups in total. The van der Waals surface area contributed by atoms with Crippen LogP contribution in [0.3, 0.4) is 0 Å². The summed E-state index contributed by atoms with van der Waals surface area (Å²) in [6.45, 7) is 1.76. The van der Waals surface area contributed by atoms with Crippen molar-refractivity contribution in [2.24, 2.45) is 0 Å². The van der Waals surface area contributed by atoms with E-state index in [0.29, 0.717) is 28.1 Å². The van der Waals surface area contributed by atoms with Crippen LogP contribution in [0.5, 0.6) is 0 Å². The number of nitrogens with one attached hydrogen (secondary N) is 1. The van der Waals surface area contributed by atoms with Gasteiger partial charge >= 0.3 is 5.97 Å². The highest BCUT2D eigenvalue weighted by Gasteiger charge is 2.17. The van der Waals surface area contributed by atoms with Crippen LogP contribution in [-0.4, -0.2) is 19.0 Å². The Morgan fingerprint density at radius 3 is 2.44 bits per heavy atom. The third kappa shape index (κ3) is 4.15. The Hall–Kier alpha value is -3.60. The number of hydrogen-bond acceptors (Lipinski definition) is 4. The summed E-state index contributed by atoms with van der Waals surface area (Å²) in [5.74, 6) is -0.176. The number of carbonyl (C=O) groups is 2. The van der Waals surface area contributed by atoms with Gasteiger partial charge in [-0.25, -0.2) is 4.79 Å². The highest BCUT2D eigenvalue weighted by molar-refractivity contribution is 6.29. The molecule has 2 aromatic carbocycles. The van der Waals surface area contributed by atoms with Gasteiger partial charge in [-0.3, -0.25) is 4.79 Å². The van der Waals surface area contributed by atoms with E-state index in [4.69, 9.17) is 9.15 Å². The van der Waals surface area contributed by atoms with Gasteiger partial charge in [0.1, 0.15) is 5.76 Å². The predicted octanol–water partition coefficient (Wildman–Crippen LogP) is 4.55. The molecule has 136 valence electrons. The van der Waals surface area contributed by atoms with E-state index in [1.54, 1.807) is 49.6 Å². The fourth-order valence-corrected chi connectivity index (χ4v) is 2.71. The first kappa shape index (κ1) is 18.2. The van der Waals surface area contributed by atoms with Crippen molar-refractivity contribution in [1.29, 1.82) is 0 Å². The molecule has 1 heterocycles. The molecule has 5 nitrogen and oxygen atoms in total. The van der Waals surface area contributed by atoms with Crippen molar-refractivity contribution in [3.8, 4) is 0 Å². The Kier molecular flexibility index (Phi) is 5.52. The van der Waals surface area contributed by atoms with E-state index in [2.05, 4.69) is 5.32 Å². The molecule has 0 saturated heterocycles. The van der Waals surface area contributed by atoms with Crippen LogP contribution in [0.4, 0.5) is 5.69 Å². The fraction of sp³-hybridized carbons (Fsp3) is 0.0909. The molecule has 0 aliphatic rings. The smallest absolute Gasteiger partial charge is 0.338 e. The largest absolute Gasteiger partial charge is 0.465 e. The summed E-state index contributed by atoms with van der Waals surface area (Å²) < 4.78 is 10.1. The lowest BCUT2D eigenvalue weighted by atomic mass is 10.0. The number of hydrogen-bond donors (Lipinski definition) is 1. The van der Waals surface area contributed by atoms with Crippen LogP contribution >= 0.6 is 0 Å². The highest BCUT2D eigenvalue weighted by atomic mass is 16.5. The maximum Gasteiger partial charge on any atom is 0.338 e. The fourth-order valence-electron chi connectivity index (χ4n) is 2.71. The van der Waals surface area contributed by atoms with E-state index < -0.39 is 5.97 Å². The number of benzene rings is 2. The van der Waals surface area contributed by atoms with Crippen LogP contribution in [-0.2, 0) is 9.53 Å². The molecule has 5 heteroatoms. The van der Waals surface area contributed by atoms with Crippen molar-refractivity contribution in [2.45, 2.75) is 6.92 Å². The zero-order valence-corrected chi connectivity index (χ0v) is 15.1. The van der Waals surface area contributed by atoms with Crippen LogP contribution in [0.15, 0.2) is 71.3 Å². The van der Waals surface area contributed by atoms with E-state index in [1.807, 2.05) is 30.3 Å². The topological polar surface area (TPSA) is 68.5 Å². The van der Waals surface area contributed by atoms with Gasteiger partial charge in [0.25, 0.3) is 5.91 Å². The third-order valence-electron chi connectivity index (χ3n) is 4.15. The number of furan rings is 1. The maximum atomic E-state index is 13.0. The summed E-state index contributed by atoms with van der Waals surface area (Å²) in [5.41, 5.74) is 2.81. The summed E-state index contributed by atoms with van der Waals surface area (Å²) in [7, 11) is 1.33. The number of carbonyl (C=O) groups excluding carboxylic acids is 2. The molecular formula is C22H19NO4. The quantitative estimate of drug-likeness (QED) is 0.534. The molecule has 0 aliphatic heterocycles. The average Bonchev–Trinajstić information content (AvgIpc) is 3.21. The van der Waals surface area contributed by atoms with E-state index in [9.17, 15) is 9.59 Å². The second-order valence-electron chi connectivity index (χ2n) is 5.86. The molecule has 1 amide bonds. The molecule has 0 fully saturated rings. The van der Waals surface area contributed by atoms with Crippen LogP contribution in [0.25, 0.3) is 11.6 Å².